The van der Waals surface area contributed by atoms with Crippen LogP contribution < -0.4 is 11.2 Å². The lowest BCUT2D eigenvalue weighted by molar-refractivity contribution is 0.481. The molecule has 0 aliphatic rings. The van der Waals surface area contributed by atoms with Gasteiger partial charge in [0.25, 0.3) is 0 Å². The highest BCUT2D eigenvalue weighted by molar-refractivity contribution is 7.80. The van der Waals surface area contributed by atoms with Crippen molar-refractivity contribution in [2.24, 2.45) is 5.73 Å². The summed E-state index contributed by atoms with van der Waals surface area (Å²) in [5.74, 6) is 0. The molecule has 0 bridgehead atoms. The van der Waals surface area contributed by atoms with Gasteiger partial charge in [-0.25, -0.2) is 4.98 Å². The minimum Gasteiger partial charge on any atom is -0.375 e. The fraction of sp³-hybridized carbons (Fsp3) is 0.222. The van der Waals surface area contributed by atoms with Crippen molar-refractivity contribution in [1.29, 1.82) is 0 Å². The van der Waals surface area contributed by atoms with E-state index < -0.39 is 0 Å². The Kier molecular flexibility index (Phi) is 4.57. The molecule has 0 atom stereocenters. The molecule has 0 aliphatic carbocycles. The number of hydrogen-bond donors (Lipinski definition) is 2. The first-order valence-electron chi connectivity index (χ1n) is 7.82. The number of nitrogens with one attached hydrogen (secondary N) is 1. The van der Waals surface area contributed by atoms with E-state index in [2.05, 4.69) is 24.5 Å². The number of fused-ring (bicyclic) bond motifs is 2. The van der Waals surface area contributed by atoms with Gasteiger partial charge in [-0.05, 0) is 30.8 Å². The maximum Gasteiger partial charge on any atom is 0.185 e. The Morgan fingerprint density at radius 2 is 1.65 bits per heavy atom. The lowest BCUT2D eigenvalue weighted by Gasteiger charge is -2.26. The van der Waals surface area contributed by atoms with E-state index in [1.807, 2.05) is 41.4 Å². The van der Waals surface area contributed by atoms with Crippen molar-refractivity contribution in [2.45, 2.75) is 19.8 Å². The molecule has 0 saturated heterocycles. The number of nitrogens with two attached hydrogens (primary N) is 1. The summed E-state index contributed by atoms with van der Waals surface area (Å²) in [6.45, 7) is 2.92. The number of rotatable bonds is 5. The molecular formula is C18H20N4S. The predicted octanol–water partition coefficient (Wildman–Crippen LogP) is 4.06. The van der Waals surface area contributed by atoms with Crippen LogP contribution in [0.1, 0.15) is 19.8 Å². The molecule has 0 saturated carbocycles. The van der Waals surface area contributed by atoms with E-state index in [0.717, 1.165) is 46.9 Å². The van der Waals surface area contributed by atoms with E-state index in [1.165, 1.54) is 0 Å². The van der Waals surface area contributed by atoms with Gasteiger partial charge in [-0.1, -0.05) is 49.7 Å². The highest BCUT2D eigenvalue weighted by Crippen LogP contribution is 2.30. The molecule has 0 unspecified atom stereocenters. The van der Waals surface area contributed by atoms with Gasteiger partial charge >= 0.3 is 0 Å². The Balaban J connectivity index is 2.14. The number of hydrogen-bond acceptors (Lipinski definition) is 3. The van der Waals surface area contributed by atoms with Crippen LogP contribution in [0.2, 0.25) is 0 Å². The van der Waals surface area contributed by atoms with E-state index in [0.29, 0.717) is 5.11 Å². The van der Waals surface area contributed by atoms with Gasteiger partial charge in [0, 0.05) is 17.3 Å². The van der Waals surface area contributed by atoms with Gasteiger partial charge in [0.2, 0.25) is 0 Å². The van der Waals surface area contributed by atoms with Crippen LogP contribution in [0.15, 0.2) is 48.5 Å². The molecule has 0 amide bonds. The average molecular weight is 324 g/mol. The normalized spacial score (nSPS) is 10.8. The number of unbranched alkanes of at least 4 members (excludes halogenated alkanes) is 1. The molecule has 2 aromatic carbocycles. The molecule has 118 valence electrons. The molecule has 23 heavy (non-hydrogen) atoms. The van der Waals surface area contributed by atoms with Crippen molar-refractivity contribution in [3.8, 4) is 0 Å². The van der Waals surface area contributed by atoms with Crippen LogP contribution in [-0.4, -0.2) is 21.7 Å². The van der Waals surface area contributed by atoms with E-state index in [4.69, 9.17) is 22.9 Å². The van der Waals surface area contributed by atoms with Gasteiger partial charge in [-0.2, -0.15) is 0 Å². The molecule has 3 aromatic rings. The lowest BCUT2D eigenvalue weighted by atomic mass is 10.1. The first kappa shape index (κ1) is 15.5. The van der Waals surface area contributed by atoms with E-state index in [9.17, 15) is 0 Å². The van der Waals surface area contributed by atoms with Crippen LogP contribution in [0, 0.1) is 0 Å². The number of benzene rings is 2. The topological polar surface area (TPSA) is 54.2 Å². The van der Waals surface area contributed by atoms with Crippen LogP contribution in [0.25, 0.3) is 21.8 Å². The van der Waals surface area contributed by atoms with Gasteiger partial charge in [0.1, 0.15) is 0 Å². The summed E-state index contributed by atoms with van der Waals surface area (Å²) < 4.78 is 0. The maximum absolute atomic E-state index is 5.89. The first-order chi connectivity index (χ1) is 11.2. The molecular weight excluding hydrogens is 304 g/mol. The summed E-state index contributed by atoms with van der Waals surface area (Å²) in [5.41, 5.74) is 12.2. The molecule has 0 fully saturated rings. The minimum absolute atomic E-state index is 0.350. The van der Waals surface area contributed by atoms with Crippen LogP contribution in [0.5, 0.6) is 0 Å². The van der Waals surface area contributed by atoms with Crippen molar-refractivity contribution in [2.75, 3.05) is 12.0 Å². The first-order valence-corrected chi connectivity index (χ1v) is 8.22. The number of thiocarbonyl (C=S) groups is 1. The summed E-state index contributed by atoms with van der Waals surface area (Å²) in [7, 11) is 0. The molecule has 5 heteroatoms. The number of nitrogens with zero attached hydrogens (tertiary/aromatic N) is 2. The largest absolute Gasteiger partial charge is 0.375 e. The Bertz CT molecular complexity index is 793. The predicted molar refractivity (Wildman–Crippen MR) is 101 cm³/mol. The molecule has 0 spiro atoms. The third-order valence-electron chi connectivity index (χ3n) is 3.84. The Morgan fingerprint density at radius 3 is 2.17 bits per heavy atom. The highest BCUT2D eigenvalue weighted by Gasteiger charge is 2.12. The van der Waals surface area contributed by atoms with Crippen molar-refractivity contribution >= 4 is 44.8 Å². The smallest absolute Gasteiger partial charge is 0.185 e. The molecule has 4 nitrogen and oxygen atoms in total. The number of pyridine rings is 1. The highest BCUT2D eigenvalue weighted by atomic mass is 32.1. The van der Waals surface area contributed by atoms with E-state index in [1.54, 1.807) is 0 Å². The van der Waals surface area contributed by atoms with Gasteiger partial charge in [0.05, 0.1) is 16.7 Å². The number of anilines is 1. The number of aromatic nitrogens is 1. The summed E-state index contributed by atoms with van der Waals surface area (Å²) in [6.07, 6.45) is 2.10. The van der Waals surface area contributed by atoms with Crippen molar-refractivity contribution < 1.29 is 0 Å². The Morgan fingerprint density at radius 1 is 1.09 bits per heavy atom. The summed E-state index contributed by atoms with van der Waals surface area (Å²) >= 11 is 5.20. The third kappa shape index (κ3) is 3.19. The molecule has 3 rings (SSSR count). The molecule has 1 heterocycles. The summed E-state index contributed by atoms with van der Waals surface area (Å²) in [6, 6.07) is 16.2. The second kappa shape index (κ2) is 6.79. The molecule has 1 aromatic heterocycles. The van der Waals surface area contributed by atoms with Crippen molar-refractivity contribution in [3.63, 3.8) is 0 Å². The summed E-state index contributed by atoms with van der Waals surface area (Å²) in [5, 5.41) is 4.31. The zero-order valence-electron chi connectivity index (χ0n) is 13.1. The molecule has 3 N–H and O–H groups in total. The SMILES string of the molecule is CCCCN(Nc1c2ccccc2nc2ccccc12)C(N)=S. The van der Waals surface area contributed by atoms with Gasteiger partial charge in [0.15, 0.2) is 5.11 Å². The van der Waals surface area contributed by atoms with Gasteiger partial charge in [-0.15, -0.1) is 0 Å². The quantitative estimate of drug-likeness (QED) is 0.421. The maximum atomic E-state index is 5.89. The fourth-order valence-corrected chi connectivity index (χ4v) is 2.77. The number of para-hydroxylation sites is 2. The standard InChI is InChI=1S/C18H20N4S/c1-2-3-12-22(18(19)23)21-17-13-8-4-6-10-15(13)20-16-11-7-5-9-14(16)17/h4-11H,2-3,12H2,1H3,(H2,19,23)(H,20,21). The third-order valence-corrected chi connectivity index (χ3v) is 4.06. The van der Waals surface area contributed by atoms with Crippen molar-refractivity contribution in [3.05, 3.63) is 48.5 Å². The second-order valence-corrected chi connectivity index (χ2v) is 5.89. The van der Waals surface area contributed by atoms with E-state index in [-0.39, 0.29) is 0 Å². The van der Waals surface area contributed by atoms with Crippen LogP contribution >= 0.6 is 12.2 Å². The monoisotopic (exact) mass is 324 g/mol. The van der Waals surface area contributed by atoms with Crippen LogP contribution in [0.4, 0.5) is 5.69 Å². The fourth-order valence-electron chi connectivity index (χ4n) is 2.63. The average Bonchev–Trinajstić information content (AvgIpc) is 2.57. The zero-order valence-corrected chi connectivity index (χ0v) is 13.9. The second-order valence-electron chi connectivity index (χ2n) is 5.48. The molecule has 0 radical (unpaired) electrons. The Hall–Kier alpha value is -2.40. The summed E-state index contributed by atoms with van der Waals surface area (Å²) in [4.78, 5) is 4.73. The van der Waals surface area contributed by atoms with Gasteiger partial charge < -0.3 is 5.73 Å². The minimum atomic E-state index is 0.350. The zero-order chi connectivity index (χ0) is 16.2. The lowest BCUT2D eigenvalue weighted by Crippen LogP contribution is -2.40. The van der Waals surface area contributed by atoms with Crippen LogP contribution in [0.3, 0.4) is 0 Å². The van der Waals surface area contributed by atoms with Gasteiger partial charge in [-0.3, -0.25) is 10.4 Å². The molecule has 0 aliphatic heterocycles. The van der Waals surface area contributed by atoms with Crippen molar-refractivity contribution in [1.82, 2.24) is 9.99 Å². The number of hydrazine groups is 1. The Labute approximate surface area is 141 Å². The van der Waals surface area contributed by atoms with Crippen LogP contribution in [-0.2, 0) is 0 Å². The van der Waals surface area contributed by atoms with E-state index >= 15 is 0 Å².